The van der Waals surface area contributed by atoms with Gasteiger partial charge in [0.15, 0.2) is 6.23 Å². The van der Waals surface area contributed by atoms with Crippen molar-refractivity contribution in [2.75, 3.05) is 32.8 Å². The van der Waals surface area contributed by atoms with Crippen molar-refractivity contribution in [1.82, 2.24) is 14.7 Å². The van der Waals surface area contributed by atoms with Gasteiger partial charge in [0.2, 0.25) is 5.91 Å². The number of amides is 2. The highest BCUT2D eigenvalue weighted by Crippen LogP contribution is 2.53. The van der Waals surface area contributed by atoms with E-state index in [9.17, 15) is 19.8 Å². The van der Waals surface area contributed by atoms with Crippen LogP contribution in [0.4, 0.5) is 4.79 Å². The Hall–Kier alpha value is -1.38. The molecular weight excluding hydrogens is 326 g/mol. The summed E-state index contributed by atoms with van der Waals surface area (Å²) >= 11 is 0. The number of aliphatic hydroxyl groups is 1. The normalized spacial score (nSPS) is 37.4. The van der Waals surface area contributed by atoms with E-state index in [0.29, 0.717) is 13.2 Å². The molecule has 1 aliphatic carbocycles. The first-order chi connectivity index (χ1) is 11.9. The summed E-state index contributed by atoms with van der Waals surface area (Å²) in [6.07, 6.45) is 2.39. The molecule has 2 amide bonds. The van der Waals surface area contributed by atoms with E-state index in [4.69, 9.17) is 4.74 Å². The molecule has 2 N–H and O–H groups in total. The van der Waals surface area contributed by atoms with Crippen molar-refractivity contribution < 1.29 is 24.5 Å². The van der Waals surface area contributed by atoms with E-state index in [1.807, 2.05) is 0 Å². The molecule has 1 spiro atoms. The smallest absolute Gasteiger partial charge is 0.408 e. The number of carboxylic acid groups (broad SMARTS) is 1. The van der Waals surface area contributed by atoms with E-state index in [1.54, 1.807) is 11.8 Å². The number of likely N-dealkylation sites (tertiary alicyclic amines) is 1. The number of hydrogen-bond acceptors (Lipinski definition) is 5. The second-order valence-corrected chi connectivity index (χ2v) is 8.02. The van der Waals surface area contributed by atoms with Crippen LogP contribution in [0.3, 0.4) is 0 Å². The lowest BCUT2D eigenvalue weighted by Crippen LogP contribution is -2.62. The quantitative estimate of drug-likeness (QED) is 0.751. The van der Waals surface area contributed by atoms with Crippen molar-refractivity contribution in [3.8, 4) is 0 Å². The summed E-state index contributed by atoms with van der Waals surface area (Å²) < 4.78 is 5.70. The average Bonchev–Trinajstić information content (AvgIpc) is 3.24. The van der Waals surface area contributed by atoms with E-state index in [1.165, 1.54) is 0 Å². The van der Waals surface area contributed by atoms with Crippen molar-refractivity contribution in [3.05, 3.63) is 0 Å². The first kappa shape index (κ1) is 17.1. The van der Waals surface area contributed by atoms with Gasteiger partial charge in [-0.3, -0.25) is 9.69 Å². The minimum atomic E-state index is -1.08. The molecule has 4 rings (SSSR count). The lowest BCUT2D eigenvalue weighted by Gasteiger charge is -2.41. The predicted molar refractivity (Wildman–Crippen MR) is 87.9 cm³/mol. The van der Waals surface area contributed by atoms with E-state index >= 15 is 0 Å². The van der Waals surface area contributed by atoms with Crippen LogP contribution in [0.1, 0.15) is 32.6 Å². The standard InChI is InChI=1S/C17H27N3O5/c1-11-15(22)20-12(10-25-14(20)9-19(11)16(23)24)2-6-18-7-5-17(3-4-17)13(21)8-18/h11-14,21H,2-10H2,1H3,(H,23,24)/t11-,12-,13?,14-/m0/s1. The third-order valence-electron chi connectivity index (χ3n) is 6.60. The van der Waals surface area contributed by atoms with Crippen molar-refractivity contribution in [3.63, 3.8) is 0 Å². The third-order valence-corrected chi connectivity index (χ3v) is 6.60. The van der Waals surface area contributed by atoms with Gasteiger partial charge in [0, 0.05) is 13.1 Å². The maximum Gasteiger partial charge on any atom is 0.408 e. The minimum absolute atomic E-state index is 0.00940. The highest BCUT2D eigenvalue weighted by atomic mass is 16.5. The van der Waals surface area contributed by atoms with E-state index in [0.717, 1.165) is 43.7 Å². The fourth-order valence-corrected chi connectivity index (χ4v) is 4.58. The summed E-state index contributed by atoms with van der Waals surface area (Å²) in [6.45, 7) is 4.85. The number of β-amino-alcohol motifs (C(OH)–C–C–N with tert-alkyl or cyclic N) is 1. The van der Waals surface area contributed by atoms with E-state index < -0.39 is 18.4 Å². The Morgan fingerprint density at radius 2 is 2.08 bits per heavy atom. The highest BCUT2D eigenvalue weighted by Gasteiger charge is 2.51. The SMILES string of the molecule is C[C@H]1C(=O)N2[C@@H](CCN3CCC4(CC4)C(O)C3)CO[C@H]2CN1C(=O)O. The maximum atomic E-state index is 12.6. The number of carbonyl (C=O) groups is 2. The molecule has 3 aliphatic heterocycles. The van der Waals surface area contributed by atoms with E-state index in [2.05, 4.69) is 4.90 Å². The summed E-state index contributed by atoms with van der Waals surface area (Å²) in [5.74, 6) is -0.170. The van der Waals surface area contributed by atoms with Gasteiger partial charge < -0.3 is 24.7 Å². The van der Waals surface area contributed by atoms with Gasteiger partial charge in [0.25, 0.3) is 0 Å². The van der Waals surface area contributed by atoms with Gasteiger partial charge in [-0.2, -0.15) is 0 Å². The molecule has 0 bridgehead atoms. The molecule has 8 heteroatoms. The largest absolute Gasteiger partial charge is 0.465 e. The summed E-state index contributed by atoms with van der Waals surface area (Å²) in [7, 11) is 0. The summed E-state index contributed by atoms with van der Waals surface area (Å²) in [5.41, 5.74) is 0.205. The lowest BCUT2D eigenvalue weighted by molar-refractivity contribution is -0.151. The van der Waals surface area contributed by atoms with Crippen LogP contribution >= 0.6 is 0 Å². The number of piperidine rings is 1. The molecule has 4 fully saturated rings. The number of rotatable bonds is 3. The van der Waals surface area contributed by atoms with Crippen LogP contribution < -0.4 is 0 Å². The molecule has 3 saturated heterocycles. The number of ether oxygens (including phenoxy) is 1. The van der Waals surface area contributed by atoms with Crippen molar-refractivity contribution in [2.45, 2.75) is 57.0 Å². The second-order valence-electron chi connectivity index (χ2n) is 8.02. The first-order valence-corrected chi connectivity index (χ1v) is 9.25. The zero-order chi connectivity index (χ0) is 17.8. The number of carbonyl (C=O) groups excluding carboxylic acids is 1. The summed E-state index contributed by atoms with van der Waals surface area (Å²) in [4.78, 5) is 29.1. The van der Waals surface area contributed by atoms with Crippen LogP contribution in [0.25, 0.3) is 0 Å². The third kappa shape index (κ3) is 2.90. The van der Waals surface area contributed by atoms with Gasteiger partial charge in [-0.05, 0) is 44.6 Å². The van der Waals surface area contributed by atoms with Crippen LogP contribution in [0.2, 0.25) is 0 Å². The number of nitrogens with zero attached hydrogens (tertiary/aromatic N) is 3. The van der Waals surface area contributed by atoms with Crippen LogP contribution in [-0.2, 0) is 9.53 Å². The van der Waals surface area contributed by atoms with E-state index in [-0.39, 0.29) is 30.0 Å². The molecule has 0 aromatic carbocycles. The molecule has 8 nitrogen and oxygen atoms in total. The molecule has 4 atom stereocenters. The summed E-state index contributed by atoms with van der Waals surface area (Å²) in [5, 5.41) is 19.5. The molecule has 0 aromatic heterocycles. The molecule has 3 heterocycles. The Labute approximate surface area is 147 Å². The Balaban J connectivity index is 1.33. The zero-order valence-corrected chi connectivity index (χ0v) is 14.6. The molecule has 0 aromatic rings. The van der Waals surface area contributed by atoms with Gasteiger partial charge >= 0.3 is 6.09 Å². The lowest BCUT2D eigenvalue weighted by atomic mass is 9.90. The fraction of sp³-hybridized carbons (Fsp3) is 0.882. The van der Waals surface area contributed by atoms with Crippen LogP contribution in [0.5, 0.6) is 0 Å². The Morgan fingerprint density at radius 1 is 1.32 bits per heavy atom. The number of hydrogen-bond donors (Lipinski definition) is 2. The topological polar surface area (TPSA) is 93.6 Å². The Morgan fingerprint density at radius 3 is 2.72 bits per heavy atom. The molecule has 0 radical (unpaired) electrons. The maximum absolute atomic E-state index is 12.6. The summed E-state index contributed by atoms with van der Waals surface area (Å²) in [6, 6.07) is -0.672. The van der Waals surface area contributed by atoms with Gasteiger partial charge in [0.05, 0.1) is 25.3 Å². The van der Waals surface area contributed by atoms with Crippen LogP contribution in [-0.4, -0.2) is 94.1 Å². The fourth-order valence-electron chi connectivity index (χ4n) is 4.58. The monoisotopic (exact) mass is 353 g/mol. The van der Waals surface area contributed by atoms with Crippen LogP contribution in [0, 0.1) is 5.41 Å². The van der Waals surface area contributed by atoms with Crippen molar-refractivity contribution >= 4 is 12.0 Å². The Kier molecular flexibility index (Phi) is 4.16. The molecule has 25 heavy (non-hydrogen) atoms. The average molecular weight is 353 g/mol. The molecule has 1 unspecified atom stereocenters. The van der Waals surface area contributed by atoms with Crippen molar-refractivity contribution in [2.24, 2.45) is 5.41 Å². The van der Waals surface area contributed by atoms with Gasteiger partial charge in [-0.1, -0.05) is 0 Å². The van der Waals surface area contributed by atoms with Gasteiger partial charge in [-0.25, -0.2) is 4.79 Å². The number of piperazine rings is 1. The van der Waals surface area contributed by atoms with Gasteiger partial charge in [-0.15, -0.1) is 0 Å². The molecule has 4 aliphatic rings. The second kappa shape index (κ2) is 6.10. The molecule has 140 valence electrons. The van der Waals surface area contributed by atoms with Gasteiger partial charge in [0.1, 0.15) is 6.04 Å². The number of aliphatic hydroxyl groups excluding tert-OH is 1. The number of fused-ring (bicyclic) bond motifs is 1. The minimum Gasteiger partial charge on any atom is -0.465 e. The molecular formula is C17H27N3O5. The predicted octanol–water partition coefficient (Wildman–Crippen LogP) is 0.159. The Bertz CT molecular complexity index is 566. The molecule has 1 saturated carbocycles. The zero-order valence-electron chi connectivity index (χ0n) is 14.6. The van der Waals surface area contributed by atoms with Crippen LogP contribution in [0.15, 0.2) is 0 Å². The first-order valence-electron chi connectivity index (χ1n) is 9.25. The van der Waals surface area contributed by atoms with Crippen molar-refractivity contribution in [1.29, 1.82) is 0 Å². The highest BCUT2D eigenvalue weighted by molar-refractivity contribution is 5.86.